The van der Waals surface area contributed by atoms with Gasteiger partial charge in [-0.2, -0.15) is 0 Å². The average molecular weight is 375 g/mol. The van der Waals surface area contributed by atoms with Gasteiger partial charge in [-0.05, 0) is 36.2 Å². The van der Waals surface area contributed by atoms with Crippen LogP contribution >= 0.6 is 15.9 Å². The molecule has 0 aliphatic rings. The fourth-order valence-corrected chi connectivity index (χ4v) is 2.60. The number of halogens is 1. The minimum absolute atomic E-state index is 0.154. The van der Waals surface area contributed by atoms with E-state index in [4.69, 9.17) is 0 Å². The Morgan fingerprint density at radius 1 is 1.09 bits per heavy atom. The molecule has 2 rings (SSSR count). The SMILES string of the molecule is CCCNC(=O)c1ccccc1NC(=O)Cc1cccc(Br)c1. The third-order valence-electron chi connectivity index (χ3n) is 3.24. The van der Waals surface area contributed by atoms with Gasteiger partial charge in [0.05, 0.1) is 17.7 Å². The van der Waals surface area contributed by atoms with Gasteiger partial charge < -0.3 is 10.6 Å². The molecule has 0 saturated carbocycles. The molecule has 0 atom stereocenters. The molecule has 2 N–H and O–H groups in total. The van der Waals surface area contributed by atoms with E-state index in [1.165, 1.54) is 0 Å². The van der Waals surface area contributed by atoms with Crippen molar-refractivity contribution in [3.05, 3.63) is 64.1 Å². The maximum Gasteiger partial charge on any atom is 0.253 e. The van der Waals surface area contributed by atoms with Gasteiger partial charge in [0.15, 0.2) is 0 Å². The molecule has 2 aromatic carbocycles. The maximum absolute atomic E-state index is 12.2. The highest BCUT2D eigenvalue weighted by molar-refractivity contribution is 9.10. The first-order chi connectivity index (χ1) is 11.1. The first-order valence-corrected chi connectivity index (χ1v) is 8.31. The minimum Gasteiger partial charge on any atom is -0.352 e. The van der Waals surface area contributed by atoms with Crippen LogP contribution in [0.4, 0.5) is 5.69 Å². The van der Waals surface area contributed by atoms with Crippen LogP contribution < -0.4 is 10.6 Å². The molecule has 120 valence electrons. The van der Waals surface area contributed by atoms with E-state index in [1.807, 2.05) is 31.2 Å². The van der Waals surface area contributed by atoms with Crippen molar-refractivity contribution in [2.45, 2.75) is 19.8 Å². The highest BCUT2D eigenvalue weighted by Gasteiger charge is 2.12. The molecule has 0 spiro atoms. The summed E-state index contributed by atoms with van der Waals surface area (Å²) in [5.41, 5.74) is 1.91. The molecule has 2 aromatic rings. The first-order valence-electron chi connectivity index (χ1n) is 7.51. The monoisotopic (exact) mass is 374 g/mol. The van der Waals surface area contributed by atoms with E-state index in [9.17, 15) is 9.59 Å². The molecule has 0 radical (unpaired) electrons. The molecule has 0 unspecified atom stereocenters. The fraction of sp³-hybridized carbons (Fsp3) is 0.222. The van der Waals surface area contributed by atoms with E-state index in [1.54, 1.807) is 24.3 Å². The van der Waals surface area contributed by atoms with Crippen LogP contribution in [0.1, 0.15) is 29.3 Å². The smallest absolute Gasteiger partial charge is 0.253 e. The van der Waals surface area contributed by atoms with Crippen molar-refractivity contribution in [3.8, 4) is 0 Å². The summed E-state index contributed by atoms with van der Waals surface area (Å²) in [6.45, 7) is 2.60. The second-order valence-electron chi connectivity index (χ2n) is 5.16. The second-order valence-corrected chi connectivity index (χ2v) is 6.07. The number of carbonyl (C=O) groups excluding carboxylic acids is 2. The van der Waals surface area contributed by atoms with Gasteiger partial charge in [0, 0.05) is 11.0 Å². The predicted octanol–water partition coefficient (Wildman–Crippen LogP) is 3.77. The Hall–Kier alpha value is -2.14. The third kappa shape index (κ3) is 5.21. The van der Waals surface area contributed by atoms with Crippen molar-refractivity contribution in [2.24, 2.45) is 0 Å². The molecule has 4 nitrogen and oxygen atoms in total. The molecule has 0 bridgehead atoms. The lowest BCUT2D eigenvalue weighted by Crippen LogP contribution is -2.26. The van der Waals surface area contributed by atoms with Gasteiger partial charge >= 0.3 is 0 Å². The summed E-state index contributed by atoms with van der Waals surface area (Å²) in [5.74, 6) is -0.330. The fourth-order valence-electron chi connectivity index (χ4n) is 2.15. The Labute approximate surface area is 144 Å². The molecule has 0 aromatic heterocycles. The van der Waals surface area contributed by atoms with E-state index in [0.29, 0.717) is 17.8 Å². The van der Waals surface area contributed by atoms with E-state index in [-0.39, 0.29) is 18.2 Å². The Kier molecular flexibility index (Phi) is 6.35. The number of carbonyl (C=O) groups is 2. The van der Waals surface area contributed by atoms with Gasteiger partial charge in [0.1, 0.15) is 0 Å². The first kappa shape index (κ1) is 17.2. The zero-order valence-corrected chi connectivity index (χ0v) is 14.5. The number of rotatable bonds is 6. The molecule has 0 aliphatic heterocycles. The van der Waals surface area contributed by atoms with Crippen molar-refractivity contribution in [2.75, 3.05) is 11.9 Å². The normalized spacial score (nSPS) is 10.2. The Bertz CT molecular complexity index is 701. The molecule has 0 saturated heterocycles. The largest absolute Gasteiger partial charge is 0.352 e. The highest BCUT2D eigenvalue weighted by atomic mass is 79.9. The summed E-state index contributed by atoms with van der Waals surface area (Å²) < 4.78 is 0.933. The number of anilines is 1. The molecule has 5 heteroatoms. The quantitative estimate of drug-likeness (QED) is 0.808. The van der Waals surface area contributed by atoms with Crippen LogP contribution in [0.5, 0.6) is 0 Å². The van der Waals surface area contributed by atoms with E-state index < -0.39 is 0 Å². The van der Waals surface area contributed by atoms with Gasteiger partial charge in [-0.3, -0.25) is 9.59 Å². The molecular formula is C18H19BrN2O2. The van der Waals surface area contributed by atoms with Crippen LogP contribution in [-0.2, 0) is 11.2 Å². The van der Waals surface area contributed by atoms with Crippen molar-refractivity contribution in [1.82, 2.24) is 5.32 Å². The number of para-hydroxylation sites is 1. The van der Waals surface area contributed by atoms with Gasteiger partial charge in [0.25, 0.3) is 5.91 Å². The van der Waals surface area contributed by atoms with E-state index in [0.717, 1.165) is 16.5 Å². The van der Waals surface area contributed by atoms with Crippen LogP contribution in [0.15, 0.2) is 53.0 Å². The van der Waals surface area contributed by atoms with Gasteiger partial charge in [0.2, 0.25) is 5.91 Å². The zero-order valence-electron chi connectivity index (χ0n) is 12.9. The van der Waals surface area contributed by atoms with Crippen LogP contribution in [0.25, 0.3) is 0 Å². The van der Waals surface area contributed by atoms with Gasteiger partial charge in [-0.1, -0.05) is 47.1 Å². The molecule has 0 aliphatic carbocycles. The van der Waals surface area contributed by atoms with Crippen molar-refractivity contribution >= 4 is 33.4 Å². The zero-order chi connectivity index (χ0) is 16.7. The third-order valence-corrected chi connectivity index (χ3v) is 3.73. The molecule has 0 heterocycles. The lowest BCUT2D eigenvalue weighted by Gasteiger charge is -2.11. The number of hydrogen-bond acceptors (Lipinski definition) is 2. The topological polar surface area (TPSA) is 58.2 Å². The van der Waals surface area contributed by atoms with Crippen molar-refractivity contribution in [1.29, 1.82) is 0 Å². The van der Waals surface area contributed by atoms with Gasteiger partial charge in [-0.25, -0.2) is 0 Å². The second kappa shape index (κ2) is 8.48. The summed E-state index contributed by atoms with van der Waals surface area (Å²) in [6, 6.07) is 14.6. The number of nitrogens with one attached hydrogen (secondary N) is 2. The molecule has 2 amide bonds. The van der Waals surface area contributed by atoms with Crippen LogP contribution in [-0.4, -0.2) is 18.4 Å². The summed E-state index contributed by atoms with van der Waals surface area (Å²) in [5, 5.41) is 5.64. The number of hydrogen-bond donors (Lipinski definition) is 2. The highest BCUT2D eigenvalue weighted by Crippen LogP contribution is 2.16. The molecular weight excluding hydrogens is 356 g/mol. The van der Waals surface area contributed by atoms with Crippen molar-refractivity contribution in [3.63, 3.8) is 0 Å². The summed E-state index contributed by atoms with van der Waals surface area (Å²) in [7, 11) is 0. The molecule has 23 heavy (non-hydrogen) atoms. The van der Waals surface area contributed by atoms with E-state index in [2.05, 4.69) is 26.6 Å². The lowest BCUT2D eigenvalue weighted by molar-refractivity contribution is -0.115. The van der Waals surface area contributed by atoms with Crippen molar-refractivity contribution < 1.29 is 9.59 Å². The Morgan fingerprint density at radius 2 is 1.87 bits per heavy atom. The number of benzene rings is 2. The van der Waals surface area contributed by atoms with Gasteiger partial charge in [-0.15, -0.1) is 0 Å². The summed E-state index contributed by atoms with van der Waals surface area (Å²) in [4.78, 5) is 24.4. The molecule has 0 fully saturated rings. The number of amides is 2. The van der Waals surface area contributed by atoms with Crippen LogP contribution in [0, 0.1) is 0 Å². The Morgan fingerprint density at radius 3 is 2.61 bits per heavy atom. The maximum atomic E-state index is 12.2. The summed E-state index contributed by atoms with van der Waals surface area (Å²) >= 11 is 3.39. The van der Waals surface area contributed by atoms with Crippen LogP contribution in [0.3, 0.4) is 0 Å². The lowest BCUT2D eigenvalue weighted by atomic mass is 10.1. The van der Waals surface area contributed by atoms with E-state index >= 15 is 0 Å². The van der Waals surface area contributed by atoms with Crippen LogP contribution in [0.2, 0.25) is 0 Å². The predicted molar refractivity (Wildman–Crippen MR) is 95.5 cm³/mol. The Balaban J connectivity index is 2.07. The standard InChI is InChI=1S/C18H19BrN2O2/c1-2-10-20-18(23)15-8-3-4-9-16(15)21-17(22)12-13-6-5-7-14(19)11-13/h3-9,11H,2,10,12H2,1H3,(H,20,23)(H,21,22). The minimum atomic E-state index is -0.176. The summed E-state index contributed by atoms with van der Waals surface area (Å²) in [6.07, 6.45) is 1.12. The average Bonchev–Trinajstić information content (AvgIpc) is 2.53.